The molecule has 1 unspecified atom stereocenters. The third-order valence-electron chi connectivity index (χ3n) is 10.7. The normalized spacial score (nSPS) is 14.0. The molecule has 3 heterocycles. The number of hydrogen-bond donors (Lipinski definition) is 3. The van der Waals surface area contributed by atoms with Crippen LogP contribution in [0.5, 0.6) is 0 Å². The minimum absolute atomic E-state index is 0.241. The van der Waals surface area contributed by atoms with E-state index in [1.165, 1.54) is 21.8 Å². The van der Waals surface area contributed by atoms with Crippen molar-refractivity contribution in [3.05, 3.63) is 205 Å². The molecule has 10 rings (SSSR count). The van der Waals surface area contributed by atoms with Crippen molar-refractivity contribution >= 4 is 44.7 Å². The quantitative estimate of drug-likeness (QED) is 0.144. The number of nitrogens with two attached hydrogens (primary N) is 1. The van der Waals surface area contributed by atoms with Crippen molar-refractivity contribution < 1.29 is 0 Å². The van der Waals surface area contributed by atoms with E-state index in [2.05, 4.69) is 143 Å². The fourth-order valence-electron chi connectivity index (χ4n) is 7.79. The predicted molar refractivity (Wildman–Crippen MR) is 239 cm³/mol. The van der Waals surface area contributed by atoms with E-state index in [0.29, 0.717) is 12.4 Å². The Hall–Kier alpha value is -7.61. The van der Waals surface area contributed by atoms with Crippen molar-refractivity contribution in [2.75, 3.05) is 11.9 Å². The van der Waals surface area contributed by atoms with E-state index in [1.54, 1.807) is 0 Å². The Bertz CT molecular complexity index is 2840. The number of nitrogens with zero attached hydrogens (tertiary/aromatic N) is 4. The molecule has 9 aromatic rings. The summed E-state index contributed by atoms with van der Waals surface area (Å²) >= 11 is 0. The molecule has 0 saturated carbocycles. The summed E-state index contributed by atoms with van der Waals surface area (Å²) in [5.74, 6) is 1.42. The van der Waals surface area contributed by atoms with Gasteiger partial charge in [0.25, 0.3) is 0 Å². The maximum atomic E-state index is 6.44. The number of anilines is 1. The Morgan fingerprint density at radius 3 is 1.59 bits per heavy atom. The van der Waals surface area contributed by atoms with Gasteiger partial charge in [0.1, 0.15) is 5.84 Å². The molecule has 0 amide bonds. The molecule has 0 bridgehead atoms. The molecule has 0 aliphatic carbocycles. The minimum atomic E-state index is -0.241. The van der Waals surface area contributed by atoms with E-state index in [4.69, 9.17) is 20.7 Å². The monoisotopic (exact) mass is 749 g/mol. The highest BCUT2D eigenvalue weighted by Gasteiger charge is 2.26. The van der Waals surface area contributed by atoms with Gasteiger partial charge in [-0.3, -0.25) is 0 Å². The average Bonchev–Trinajstić information content (AvgIpc) is 3.64. The van der Waals surface area contributed by atoms with E-state index in [9.17, 15) is 0 Å². The maximum Gasteiger partial charge on any atom is 0.160 e. The lowest BCUT2D eigenvalue weighted by atomic mass is 10.00. The topological polar surface area (TPSA) is 93.1 Å². The van der Waals surface area contributed by atoms with Crippen LogP contribution in [0.2, 0.25) is 0 Å². The molecule has 1 atom stereocenters. The van der Waals surface area contributed by atoms with Gasteiger partial charge in [0.15, 0.2) is 5.82 Å². The molecule has 0 fully saturated rings. The summed E-state index contributed by atoms with van der Waals surface area (Å²) in [6.07, 6.45) is 0. The van der Waals surface area contributed by atoms with Crippen LogP contribution in [-0.2, 0) is 0 Å². The van der Waals surface area contributed by atoms with Crippen LogP contribution < -0.4 is 16.4 Å². The second-order valence-electron chi connectivity index (χ2n) is 14.3. The number of aliphatic imine (C=N–C) groups is 1. The summed E-state index contributed by atoms with van der Waals surface area (Å²) < 4.78 is 2.33. The van der Waals surface area contributed by atoms with Crippen LogP contribution in [0, 0.1) is 0 Å². The number of benzene rings is 7. The van der Waals surface area contributed by atoms with Crippen molar-refractivity contribution in [3.63, 3.8) is 0 Å². The number of amidine groups is 1. The fraction of sp³-hybridized carbons (Fsp3) is 0.0392. The largest absolute Gasteiger partial charge is 0.372 e. The molecule has 278 valence electrons. The first-order valence-electron chi connectivity index (χ1n) is 19.5. The van der Waals surface area contributed by atoms with Crippen LogP contribution in [0.1, 0.15) is 11.1 Å². The maximum absolute atomic E-state index is 6.44. The first kappa shape index (κ1) is 34.8. The number of fused-ring (bicyclic) bond motifs is 3. The average molecular weight is 750 g/mol. The van der Waals surface area contributed by atoms with Gasteiger partial charge in [0, 0.05) is 50.9 Å². The molecule has 2 aromatic heterocycles. The Balaban J connectivity index is 1.07. The summed E-state index contributed by atoms with van der Waals surface area (Å²) in [5, 5.41) is 9.78. The van der Waals surface area contributed by atoms with Gasteiger partial charge in [0.2, 0.25) is 0 Å². The number of hydrogen-bond acceptors (Lipinski definition) is 6. The Kier molecular flexibility index (Phi) is 9.10. The Morgan fingerprint density at radius 1 is 0.517 bits per heavy atom. The van der Waals surface area contributed by atoms with Gasteiger partial charge in [-0.25, -0.2) is 15.0 Å². The van der Waals surface area contributed by atoms with Crippen molar-refractivity contribution in [1.82, 2.24) is 19.9 Å². The van der Waals surface area contributed by atoms with E-state index in [0.717, 1.165) is 67.8 Å². The first-order valence-corrected chi connectivity index (χ1v) is 19.5. The number of nitrogens with one attached hydrogen (secondary N) is 2. The molecule has 0 spiro atoms. The number of rotatable bonds is 8. The predicted octanol–water partition coefficient (Wildman–Crippen LogP) is 10.8. The van der Waals surface area contributed by atoms with E-state index in [1.807, 2.05) is 66.7 Å². The van der Waals surface area contributed by atoms with Crippen molar-refractivity contribution in [1.29, 1.82) is 0 Å². The summed E-state index contributed by atoms with van der Waals surface area (Å²) in [6, 6.07) is 66.6. The van der Waals surface area contributed by atoms with Crippen LogP contribution in [-0.4, -0.2) is 33.0 Å². The fourth-order valence-corrected chi connectivity index (χ4v) is 7.79. The molecule has 0 saturated heterocycles. The summed E-state index contributed by atoms with van der Waals surface area (Å²) in [5.41, 5.74) is 19.2. The molecule has 7 aromatic carbocycles. The Labute approximate surface area is 336 Å². The SMILES string of the molecule is NCC1NC(c2ccc(-c3nc(-c4ccccc4)cc(-c4ccccc4)n3)cc2)=C(c2ccc(-n3c4ccccc4c4ccccc43)cc2)N=C1Nc1ccccc1. The van der Waals surface area contributed by atoms with Gasteiger partial charge >= 0.3 is 0 Å². The van der Waals surface area contributed by atoms with Crippen LogP contribution >= 0.6 is 0 Å². The lowest BCUT2D eigenvalue weighted by molar-refractivity contribution is 0.746. The van der Waals surface area contributed by atoms with Crippen LogP contribution in [0.4, 0.5) is 5.69 Å². The van der Waals surface area contributed by atoms with E-state index < -0.39 is 0 Å². The summed E-state index contributed by atoms with van der Waals surface area (Å²) in [6.45, 7) is 0.350. The highest BCUT2D eigenvalue weighted by molar-refractivity contribution is 6.10. The second-order valence-corrected chi connectivity index (χ2v) is 14.3. The molecule has 7 nitrogen and oxygen atoms in total. The third-order valence-corrected chi connectivity index (χ3v) is 10.7. The Morgan fingerprint density at radius 2 is 1.02 bits per heavy atom. The lowest BCUT2D eigenvalue weighted by Crippen LogP contribution is -2.47. The van der Waals surface area contributed by atoms with Crippen LogP contribution in [0.3, 0.4) is 0 Å². The minimum Gasteiger partial charge on any atom is -0.372 e. The molecule has 1 aliphatic heterocycles. The summed E-state index contributed by atoms with van der Waals surface area (Å²) in [4.78, 5) is 15.4. The zero-order valence-corrected chi connectivity index (χ0v) is 31.6. The van der Waals surface area contributed by atoms with Crippen molar-refractivity contribution in [2.45, 2.75) is 6.04 Å². The van der Waals surface area contributed by atoms with Gasteiger partial charge in [-0.15, -0.1) is 0 Å². The van der Waals surface area contributed by atoms with Crippen molar-refractivity contribution in [3.8, 4) is 39.6 Å². The highest BCUT2D eigenvalue weighted by atomic mass is 15.1. The van der Waals surface area contributed by atoms with Crippen LogP contribution in [0.15, 0.2) is 199 Å². The van der Waals surface area contributed by atoms with Gasteiger partial charge in [-0.2, -0.15) is 0 Å². The second kappa shape index (κ2) is 15.1. The van der Waals surface area contributed by atoms with Gasteiger partial charge in [-0.1, -0.05) is 152 Å². The number of para-hydroxylation sites is 3. The molecule has 1 aliphatic rings. The van der Waals surface area contributed by atoms with Gasteiger partial charge in [-0.05, 0) is 48.0 Å². The summed E-state index contributed by atoms with van der Waals surface area (Å²) in [7, 11) is 0. The van der Waals surface area contributed by atoms with Gasteiger partial charge in [0.05, 0.1) is 39.9 Å². The standard InChI is InChI=1S/C51H39N7/c52-33-45-51(53-39-18-8-3-9-19-39)57-49(37-28-30-40(31-29-37)58-46-22-12-10-20-41(46)42-21-11-13-23-47(42)58)48(54-45)36-24-26-38(27-25-36)50-55-43(34-14-4-1-5-15-34)32-44(56-50)35-16-6-2-7-17-35/h1-32,45,54H,33,52H2,(H,53,57). The highest BCUT2D eigenvalue weighted by Crippen LogP contribution is 2.35. The number of aromatic nitrogens is 3. The molecular weight excluding hydrogens is 711 g/mol. The van der Waals surface area contributed by atoms with E-state index >= 15 is 0 Å². The van der Waals surface area contributed by atoms with Crippen LogP contribution in [0.25, 0.3) is 72.8 Å². The van der Waals surface area contributed by atoms with E-state index in [-0.39, 0.29) is 6.04 Å². The van der Waals surface area contributed by atoms with Gasteiger partial charge < -0.3 is 20.9 Å². The zero-order valence-electron chi connectivity index (χ0n) is 31.6. The molecule has 7 heteroatoms. The first-order chi connectivity index (χ1) is 28.7. The smallest absolute Gasteiger partial charge is 0.160 e. The molecule has 58 heavy (non-hydrogen) atoms. The van der Waals surface area contributed by atoms with Crippen molar-refractivity contribution in [2.24, 2.45) is 10.7 Å². The lowest BCUT2D eigenvalue weighted by Gasteiger charge is -2.29. The zero-order chi connectivity index (χ0) is 38.8. The third kappa shape index (κ3) is 6.59. The molecule has 0 radical (unpaired) electrons. The molecule has 4 N–H and O–H groups in total. The molecular formula is C51H39N7.